The van der Waals surface area contributed by atoms with Crippen molar-refractivity contribution in [2.45, 2.75) is 6.17 Å². The molecule has 1 fully saturated rings. The smallest absolute Gasteiger partial charge is 0.229 e. The first-order valence-corrected chi connectivity index (χ1v) is 3.92. The highest BCUT2D eigenvalue weighted by Gasteiger charge is 2.24. The van der Waals surface area contributed by atoms with Crippen molar-refractivity contribution in [1.82, 2.24) is 10.6 Å². The van der Waals surface area contributed by atoms with Gasteiger partial charge in [-0.2, -0.15) is 0 Å². The average Bonchev–Trinajstić information content (AvgIpc) is 2.77. The van der Waals surface area contributed by atoms with Crippen molar-refractivity contribution in [2.24, 2.45) is 0 Å². The van der Waals surface area contributed by atoms with E-state index in [9.17, 15) is 4.79 Å². The molecule has 1 aromatic heterocycles. The predicted octanol–water partition coefficient (Wildman–Crippen LogP) is -0.0188. The molecule has 2 rings (SSSR count). The number of carbonyl (C=O) groups is 1. The molecule has 0 amide bonds. The standard InChI is InChI=1S/C8H10N2O2/c11-7(6-2-1-5-12-6)8-9-3-4-10-8/h1-2,5,8-10H,3-4H2. The first-order chi connectivity index (χ1) is 5.88. The van der Waals surface area contributed by atoms with Gasteiger partial charge in [0, 0.05) is 13.1 Å². The maximum Gasteiger partial charge on any atom is 0.229 e. The number of carbonyl (C=O) groups excluding carboxylic acids is 1. The van der Waals surface area contributed by atoms with Crippen molar-refractivity contribution in [3.05, 3.63) is 24.2 Å². The Morgan fingerprint density at radius 2 is 2.25 bits per heavy atom. The summed E-state index contributed by atoms with van der Waals surface area (Å²) in [6.45, 7) is 1.66. The van der Waals surface area contributed by atoms with Crippen LogP contribution in [-0.2, 0) is 0 Å². The van der Waals surface area contributed by atoms with Crippen LogP contribution in [0.4, 0.5) is 0 Å². The monoisotopic (exact) mass is 166 g/mol. The molecule has 1 aliphatic heterocycles. The van der Waals surface area contributed by atoms with Crippen molar-refractivity contribution >= 4 is 5.78 Å². The van der Waals surface area contributed by atoms with Gasteiger partial charge in [-0.1, -0.05) is 0 Å². The molecule has 1 aromatic rings. The number of rotatable bonds is 2. The second-order valence-corrected chi connectivity index (χ2v) is 2.68. The zero-order chi connectivity index (χ0) is 8.39. The summed E-state index contributed by atoms with van der Waals surface area (Å²) in [5.74, 6) is 0.374. The fourth-order valence-corrected chi connectivity index (χ4v) is 1.25. The molecule has 0 radical (unpaired) electrons. The lowest BCUT2D eigenvalue weighted by atomic mass is 10.2. The lowest BCUT2D eigenvalue weighted by Gasteiger charge is -2.05. The van der Waals surface area contributed by atoms with Crippen molar-refractivity contribution in [2.75, 3.05) is 13.1 Å². The molecule has 1 saturated heterocycles. The van der Waals surface area contributed by atoms with E-state index in [-0.39, 0.29) is 11.9 Å². The number of Topliss-reactive ketones (excluding diaryl/α,β-unsaturated/α-hetero) is 1. The number of hydrogen-bond donors (Lipinski definition) is 2. The van der Waals surface area contributed by atoms with Crippen LogP contribution in [-0.4, -0.2) is 25.0 Å². The third-order valence-electron chi connectivity index (χ3n) is 1.85. The highest BCUT2D eigenvalue weighted by Crippen LogP contribution is 2.04. The summed E-state index contributed by atoms with van der Waals surface area (Å²) in [5.41, 5.74) is 0. The van der Waals surface area contributed by atoms with Crippen LogP contribution in [0.25, 0.3) is 0 Å². The fourth-order valence-electron chi connectivity index (χ4n) is 1.25. The highest BCUT2D eigenvalue weighted by molar-refractivity contribution is 5.97. The van der Waals surface area contributed by atoms with Gasteiger partial charge in [0.1, 0.15) is 6.17 Å². The number of hydrogen-bond acceptors (Lipinski definition) is 4. The third kappa shape index (κ3) is 1.26. The van der Waals surface area contributed by atoms with Gasteiger partial charge >= 0.3 is 0 Å². The molecule has 4 heteroatoms. The molecule has 0 aromatic carbocycles. The van der Waals surface area contributed by atoms with Gasteiger partial charge in [0.15, 0.2) is 5.76 Å². The van der Waals surface area contributed by atoms with Gasteiger partial charge in [0.2, 0.25) is 5.78 Å². The van der Waals surface area contributed by atoms with Gasteiger partial charge in [-0.05, 0) is 12.1 Å². The molecular weight excluding hydrogens is 156 g/mol. The molecule has 12 heavy (non-hydrogen) atoms. The van der Waals surface area contributed by atoms with Crippen molar-refractivity contribution in [1.29, 1.82) is 0 Å². The van der Waals surface area contributed by atoms with Gasteiger partial charge in [0.25, 0.3) is 0 Å². The Hall–Kier alpha value is -1.13. The maximum absolute atomic E-state index is 11.5. The molecule has 2 N–H and O–H groups in total. The number of ketones is 1. The molecule has 2 heterocycles. The third-order valence-corrected chi connectivity index (χ3v) is 1.85. The Morgan fingerprint density at radius 3 is 2.83 bits per heavy atom. The molecule has 0 unspecified atom stereocenters. The molecule has 0 bridgehead atoms. The van der Waals surface area contributed by atoms with E-state index in [2.05, 4.69) is 10.6 Å². The minimum Gasteiger partial charge on any atom is -0.461 e. The number of furan rings is 1. The Balaban J connectivity index is 2.09. The second kappa shape index (κ2) is 3.08. The van der Waals surface area contributed by atoms with E-state index in [1.54, 1.807) is 12.1 Å². The molecule has 0 atom stereocenters. The molecule has 4 nitrogen and oxygen atoms in total. The lowest BCUT2D eigenvalue weighted by Crippen LogP contribution is -2.39. The fraction of sp³-hybridized carbons (Fsp3) is 0.375. The SMILES string of the molecule is O=C(c1ccco1)C1NCCN1. The first kappa shape index (κ1) is 7.52. The lowest BCUT2D eigenvalue weighted by molar-refractivity contribution is 0.0914. The summed E-state index contributed by atoms with van der Waals surface area (Å²) in [4.78, 5) is 11.5. The zero-order valence-electron chi connectivity index (χ0n) is 6.54. The Morgan fingerprint density at radius 1 is 1.50 bits per heavy atom. The van der Waals surface area contributed by atoms with Crippen LogP contribution in [0.15, 0.2) is 22.8 Å². The normalized spacial score (nSPS) is 18.3. The highest BCUT2D eigenvalue weighted by atomic mass is 16.3. The second-order valence-electron chi connectivity index (χ2n) is 2.68. The Bertz CT molecular complexity index is 263. The molecule has 0 aliphatic carbocycles. The average molecular weight is 166 g/mol. The summed E-state index contributed by atoms with van der Waals surface area (Å²) in [6, 6.07) is 3.38. The van der Waals surface area contributed by atoms with Crippen LogP contribution in [0, 0.1) is 0 Å². The summed E-state index contributed by atoms with van der Waals surface area (Å²) in [5, 5.41) is 6.05. The minimum absolute atomic E-state index is 0.0301. The minimum atomic E-state index is -0.267. The molecule has 64 valence electrons. The van der Waals surface area contributed by atoms with Crippen LogP contribution >= 0.6 is 0 Å². The summed E-state index contributed by atoms with van der Waals surface area (Å²) < 4.78 is 4.98. The van der Waals surface area contributed by atoms with Gasteiger partial charge < -0.3 is 4.42 Å². The van der Waals surface area contributed by atoms with Crippen molar-refractivity contribution < 1.29 is 9.21 Å². The van der Waals surface area contributed by atoms with E-state index in [4.69, 9.17) is 4.42 Å². The van der Waals surface area contributed by atoms with E-state index < -0.39 is 0 Å². The molecular formula is C8H10N2O2. The zero-order valence-corrected chi connectivity index (χ0v) is 6.54. The predicted molar refractivity (Wildman–Crippen MR) is 42.8 cm³/mol. The van der Waals surface area contributed by atoms with E-state index in [1.165, 1.54) is 6.26 Å². The molecule has 0 saturated carbocycles. The topological polar surface area (TPSA) is 54.3 Å². The van der Waals surface area contributed by atoms with Crippen LogP contribution in [0.1, 0.15) is 10.6 Å². The van der Waals surface area contributed by atoms with Crippen LogP contribution in [0.3, 0.4) is 0 Å². The van der Waals surface area contributed by atoms with Crippen molar-refractivity contribution in [3.63, 3.8) is 0 Å². The quantitative estimate of drug-likeness (QED) is 0.606. The molecule has 0 spiro atoms. The van der Waals surface area contributed by atoms with E-state index >= 15 is 0 Å². The van der Waals surface area contributed by atoms with Crippen LogP contribution < -0.4 is 10.6 Å². The van der Waals surface area contributed by atoms with Gasteiger partial charge in [-0.15, -0.1) is 0 Å². The number of nitrogens with one attached hydrogen (secondary N) is 2. The van der Waals surface area contributed by atoms with Crippen LogP contribution in [0.2, 0.25) is 0 Å². The Kier molecular flexibility index (Phi) is 1.93. The first-order valence-electron chi connectivity index (χ1n) is 3.92. The van der Waals surface area contributed by atoms with E-state index in [0.29, 0.717) is 5.76 Å². The summed E-state index contributed by atoms with van der Waals surface area (Å²) in [6.07, 6.45) is 1.23. The van der Waals surface area contributed by atoms with E-state index in [0.717, 1.165) is 13.1 Å². The van der Waals surface area contributed by atoms with Crippen LogP contribution in [0.5, 0.6) is 0 Å². The van der Waals surface area contributed by atoms with Gasteiger partial charge in [-0.3, -0.25) is 15.4 Å². The van der Waals surface area contributed by atoms with Crippen molar-refractivity contribution in [3.8, 4) is 0 Å². The van der Waals surface area contributed by atoms with Gasteiger partial charge in [-0.25, -0.2) is 0 Å². The summed E-state index contributed by atoms with van der Waals surface area (Å²) >= 11 is 0. The van der Waals surface area contributed by atoms with E-state index in [1.807, 2.05) is 0 Å². The Labute approximate surface area is 69.9 Å². The molecule has 1 aliphatic rings. The van der Waals surface area contributed by atoms with Gasteiger partial charge in [0.05, 0.1) is 6.26 Å². The maximum atomic E-state index is 11.5. The largest absolute Gasteiger partial charge is 0.461 e. The summed E-state index contributed by atoms with van der Waals surface area (Å²) in [7, 11) is 0.